The Morgan fingerprint density at radius 1 is 1.06 bits per heavy atom. The zero-order valence-corrected chi connectivity index (χ0v) is 20.8. The summed E-state index contributed by atoms with van der Waals surface area (Å²) in [5.41, 5.74) is 2.21. The van der Waals surface area contributed by atoms with E-state index in [-0.39, 0.29) is 42.4 Å². The largest absolute Gasteiger partial charge is 0.343 e. The number of rotatable bonds is 7. The van der Waals surface area contributed by atoms with E-state index in [1.807, 2.05) is 26.0 Å². The van der Waals surface area contributed by atoms with E-state index >= 15 is 0 Å². The minimum Gasteiger partial charge on any atom is -0.343 e. The SMILES string of the molecule is CN[C@@H](C)C(=O)N[C@H](C(=O)N1Cc2ccccc2[C@H]1C(=O)Nc1c(C)cccc1F)C(C)C.Cl. The van der Waals surface area contributed by atoms with Crippen molar-refractivity contribution >= 4 is 35.8 Å². The lowest BCUT2D eigenvalue weighted by Gasteiger charge is -2.31. The number of nitrogens with one attached hydrogen (secondary N) is 3. The van der Waals surface area contributed by atoms with Crippen LogP contribution in [0.2, 0.25) is 0 Å². The molecule has 0 unspecified atom stereocenters. The number of aryl methyl sites for hydroxylation is 1. The second-order valence-electron chi connectivity index (χ2n) is 8.73. The van der Waals surface area contributed by atoms with Gasteiger partial charge in [-0.1, -0.05) is 50.2 Å². The normalized spacial score (nSPS) is 16.3. The summed E-state index contributed by atoms with van der Waals surface area (Å²) < 4.78 is 14.4. The predicted molar refractivity (Wildman–Crippen MR) is 132 cm³/mol. The first kappa shape index (κ1) is 27.3. The summed E-state index contributed by atoms with van der Waals surface area (Å²) in [7, 11) is 1.67. The van der Waals surface area contributed by atoms with Gasteiger partial charge in [0.2, 0.25) is 11.8 Å². The fraction of sp³-hybridized carbons (Fsp3) is 0.400. The summed E-state index contributed by atoms with van der Waals surface area (Å²) in [5.74, 6) is -1.90. The molecular formula is C25H32ClFN4O3. The summed E-state index contributed by atoms with van der Waals surface area (Å²) in [6.45, 7) is 7.32. The van der Waals surface area contributed by atoms with E-state index in [0.29, 0.717) is 11.1 Å². The maximum atomic E-state index is 14.4. The minimum atomic E-state index is -0.937. The first-order chi connectivity index (χ1) is 15.6. The maximum absolute atomic E-state index is 14.4. The number of hydrogen-bond acceptors (Lipinski definition) is 4. The molecule has 3 rings (SSSR count). The van der Waals surface area contributed by atoms with Crippen molar-refractivity contribution in [2.24, 2.45) is 5.92 Å². The van der Waals surface area contributed by atoms with E-state index in [4.69, 9.17) is 0 Å². The van der Waals surface area contributed by atoms with Gasteiger partial charge in [0.05, 0.1) is 11.7 Å². The van der Waals surface area contributed by atoms with Gasteiger partial charge in [0.25, 0.3) is 5.91 Å². The van der Waals surface area contributed by atoms with Gasteiger partial charge in [-0.25, -0.2) is 4.39 Å². The first-order valence-corrected chi connectivity index (χ1v) is 11.1. The first-order valence-electron chi connectivity index (χ1n) is 11.1. The maximum Gasteiger partial charge on any atom is 0.251 e. The third kappa shape index (κ3) is 5.56. The molecule has 1 aliphatic heterocycles. The number of likely N-dealkylation sites (N-methyl/N-ethyl adjacent to an activating group) is 1. The van der Waals surface area contributed by atoms with Crippen molar-refractivity contribution in [2.45, 2.75) is 52.4 Å². The lowest BCUT2D eigenvalue weighted by atomic mass is 10.0. The van der Waals surface area contributed by atoms with Crippen molar-refractivity contribution in [3.8, 4) is 0 Å². The summed E-state index contributed by atoms with van der Waals surface area (Å²) in [5, 5.41) is 8.35. The Hall–Kier alpha value is -2.97. The standard InChI is InChI=1S/C25H31FN4O3.ClH/c1-14(2)20(28-23(31)16(4)27-5)25(33)30-13-17-10-6-7-11-18(17)22(30)24(32)29-21-15(3)9-8-12-19(21)26;/h6-12,14,16,20,22,27H,13H2,1-5H3,(H,28,31)(H,29,32);1H/t16-,20-,22-;/m0./s1. The van der Waals surface area contributed by atoms with Gasteiger partial charge >= 0.3 is 0 Å². The van der Waals surface area contributed by atoms with Crippen LogP contribution in [0.15, 0.2) is 42.5 Å². The molecule has 2 aromatic carbocycles. The van der Waals surface area contributed by atoms with Gasteiger partial charge in [-0.05, 0) is 49.6 Å². The monoisotopic (exact) mass is 490 g/mol. The van der Waals surface area contributed by atoms with Crippen molar-refractivity contribution in [3.05, 3.63) is 65.0 Å². The van der Waals surface area contributed by atoms with Gasteiger partial charge in [0.1, 0.15) is 17.9 Å². The Bertz CT molecular complexity index is 1040. The smallest absolute Gasteiger partial charge is 0.251 e. The zero-order chi connectivity index (χ0) is 24.3. The van der Waals surface area contributed by atoms with Crippen LogP contribution in [0, 0.1) is 18.7 Å². The number of halogens is 2. The summed E-state index contributed by atoms with van der Waals surface area (Å²) in [4.78, 5) is 41.0. The number of nitrogens with zero attached hydrogens (tertiary/aromatic N) is 1. The van der Waals surface area contributed by atoms with E-state index in [0.717, 1.165) is 5.56 Å². The number of anilines is 1. The van der Waals surface area contributed by atoms with Crippen LogP contribution in [0.5, 0.6) is 0 Å². The molecule has 0 saturated carbocycles. The molecule has 1 aliphatic rings. The van der Waals surface area contributed by atoms with Crippen LogP contribution < -0.4 is 16.0 Å². The van der Waals surface area contributed by atoms with Crippen molar-refractivity contribution < 1.29 is 18.8 Å². The number of carbonyl (C=O) groups excluding carboxylic acids is 3. The van der Waals surface area contributed by atoms with E-state index < -0.39 is 29.8 Å². The quantitative estimate of drug-likeness (QED) is 0.555. The number of carbonyl (C=O) groups is 3. The number of para-hydroxylation sites is 1. The van der Waals surface area contributed by atoms with Crippen LogP contribution >= 0.6 is 12.4 Å². The fourth-order valence-electron chi connectivity index (χ4n) is 3.96. The average Bonchev–Trinajstić information content (AvgIpc) is 3.18. The van der Waals surface area contributed by atoms with Crippen LogP contribution in [0.4, 0.5) is 10.1 Å². The molecule has 7 nitrogen and oxygen atoms in total. The molecule has 184 valence electrons. The fourth-order valence-corrected chi connectivity index (χ4v) is 3.96. The summed E-state index contributed by atoms with van der Waals surface area (Å²) >= 11 is 0. The Balaban J connectivity index is 0.00000408. The van der Waals surface area contributed by atoms with E-state index in [9.17, 15) is 18.8 Å². The molecule has 0 radical (unpaired) electrons. The van der Waals surface area contributed by atoms with Gasteiger partial charge in [-0.3, -0.25) is 14.4 Å². The average molecular weight is 491 g/mol. The van der Waals surface area contributed by atoms with Gasteiger partial charge in [-0.2, -0.15) is 0 Å². The molecule has 0 saturated heterocycles. The van der Waals surface area contributed by atoms with E-state index in [1.54, 1.807) is 45.2 Å². The molecule has 3 N–H and O–H groups in total. The third-order valence-electron chi connectivity index (χ3n) is 6.06. The molecular weight excluding hydrogens is 459 g/mol. The molecule has 9 heteroatoms. The lowest BCUT2D eigenvalue weighted by molar-refractivity contribution is -0.143. The summed E-state index contributed by atoms with van der Waals surface area (Å²) in [6, 6.07) is 9.65. The molecule has 3 atom stereocenters. The molecule has 0 aromatic heterocycles. The Morgan fingerprint density at radius 2 is 1.74 bits per heavy atom. The second kappa shape index (κ2) is 11.4. The molecule has 0 fully saturated rings. The highest BCUT2D eigenvalue weighted by molar-refractivity contribution is 6.00. The topological polar surface area (TPSA) is 90.5 Å². The molecule has 0 bridgehead atoms. The van der Waals surface area contributed by atoms with Crippen molar-refractivity contribution in [1.29, 1.82) is 0 Å². The van der Waals surface area contributed by atoms with Crippen molar-refractivity contribution in [3.63, 3.8) is 0 Å². The van der Waals surface area contributed by atoms with Gasteiger partial charge in [0.15, 0.2) is 0 Å². The highest BCUT2D eigenvalue weighted by Crippen LogP contribution is 2.36. The van der Waals surface area contributed by atoms with Gasteiger partial charge < -0.3 is 20.9 Å². The van der Waals surface area contributed by atoms with Crippen LogP contribution in [0.1, 0.15) is 43.5 Å². The number of benzene rings is 2. The third-order valence-corrected chi connectivity index (χ3v) is 6.06. The van der Waals surface area contributed by atoms with Gasteiger partial charge in [-0.15, -0.1) is 12.4 Å². The van der Waals surface area contributed by atoms with Crippen molar-refractivity contribution in [1.82, 2.24) is 15.5 Å². The second-order valence-corrected chi connectivity index (χ2v) is 8.73. The molecule has 34 heavy (non-hydrogen) atoms. The van der Waals surface area contributed by atoms with Crippen LogP contribution in [0.25, 0.3) is 0 Å². The lowest BCUT2D eigenvalue weighted by Crippen LogP contribution is -2.55. The van der Waals surface area contributed by atoms with E-state index in [2.05, 4.69) is 16.0 Å². The molecule has 0 aliphatic carbocycles. The number of fused-ring (bicyclic) bond motifs is 1. The van der Waals surface area contributed by atoms with Crippen molar-refractivity contribution in [2.75, 3.05) is 12.4 Å². The molecule has 0 spiro atoms. The number of amides is 3. The molecule has 1 heterocycles. The Morgan fingerprint density at radius 3 is 2.35 bits per heavy atom. The zero-order valence-electron chi connectivity index (χ0n) is 20.0. The van der Waals surface area contributed by atoms with E-state index in [1.165, 1.54) is 11.0 Å². The number of hydrogen-bond donors (Lipinski definition) is 3. The highest BCUT2D eigenvalue weighted by atomic mass is 35.5. The molecule has 2 aromatic rings. The summed E-state index contributed by atoms with van der Waals surface area (Å²) in [6.07, 6.45) is 0. The highest BCUT2D eigenvalue weighted by Gasteiger charge is 2.42. The molecule has 3 amide bonds. The van der Waals surface area contributed by atoms with Crippen LogP contribution in [0.3, 0.4) is 0 Å². The Labute approximate surface area is 205 Å². The minimum absolute atomic E-state index is 0. The van der Waals surface area contributed by atoms with Gasteiger partial charge in [0, 0.05) is 6.54 Å². The predicted octanol–water partition coefficient (Wildman–Crippen LogP) is 3.33. The van der Waals surface area contributed by atoms with Crippen LogP contribution in [-0.4, -0.2) is 41.8 Å². The van der Waals surface area contributed by atoms with Crippen LogP contribution in [-0.2, 0) is 20.9 Å². The Kier molecular flexibility index (Phi) is 9.18.